The van der Waals surface area contributed by atoms with E-state index in [1.807, 2.05) is 19.9 Å². The van der Waals surface area contributed by atoms with Crippen molar-refractivity contribution in [2.24, 2.45) is 11.7 Å². The van der Waals surface area contributed by atoms with Gasteiger partial charge in [0, 0.05) is 23.0 Å². The summed E-state index contributed by atoms with van der Waals surface area (Å²) in [6.45, 7) is 3.69. The number of rotatable bonds is 6. The van der Waals surface area contributed by atoms with Gasteiger partial charge in [-0.2, -0.15) is 10.4 Å². The van der Waals surface area contributed by atoms with Crippen LogP contribution in [-0.2, 0) is 4.79 Å². The molecule has 2 aromatic carbocycles. The number of halogens is 3. The highest BCUT2D eigenvalue weighted by Crippen LogP contribution is 2.32. The summed E-state index contributed by atoms with van der Waals surface area (Å²) >= 11 is 0. The SMILES string of the molecule is CC(C)[C@H](N)C(=O)Nc1ccc(-c2cnn3ccc(C(=O)N(c4ccc(C#N)cc4)C(F)(F)F)cc23)cc1. The molecule has 0 aliphatic heterocycles. The molecule has 0 radical (unpaired) electrons. The normalized spacial score (nSPS) is 12.3. The molecule has 8 nitrogen and oxygen atoms in total. The molecule has 3 N–H and O–H groups in total. The number of fused-ring (bicyclic) bond motifs is 1. The lowest BCUT2D eigenvalue weighted by Gasteiger charge is -2.25. The summed E-state index contributed by atoms with van der Waals surface area (Å²) in [5.41, 5.74) is 7.63. The Morgan fingerprint density at radius 3 is 2.32 bits per heavy atom. The molecule has 0 saturated carbocycles. The predicted molar refractivity (Wildman–Crippen MR) is 136 cm³/mol. The van der Waals surface area contributed by atoms with Gasteiger partial charge in [-0.25, -0.2) is 9.42 Å². The maximum absolute atomic E-state index is 13.9. The first kappa shape index (κ1) is 26.4. The van der Waals surface area contributed by atoms with Gasteiger partial charge in [-0.1, -0.05) is 26.0 Å². The van der Waals surface area contributed by atoms with Crippen LogP contribution < -0.4 is 16.0 Å². The van der Waals surface area contributed by atoms with Gasteiger partial charge in [-0.05, 0) is 60.0 Å². The van der Waals surface area contributed by atoms with E-state index in [0.717, 1.165) is 12.1 Å². The average molecular weight is 521 g/mol. The summed E-state index contributed by atoms with van der Waals surface area (Å²) in [7, 11) is 0. The second-order valence-corrected chi connectivity index (χ2v) is 8.91. The number of pyridine rings is 1. The van der Waals surface area contributed by atoms with Gasteiger partial charge in [0.05, 0.1) is 35.1 Å². The van der Waals surface area contributed by atoms with Crippen LogP contribution in [0.1, 0.15) is 29.8 Å². The van der Waals surface area contributed by atoms with Gasteiger partial charge in [-0.3, -0.25) is 9.59 Å². The fourth-order valence-electron chi connectivity index (χ4n) is 3.79. The molecule has 2 amide bonds. The Bertz CT molecular complexity index is 1520. The van der Waals surface area contributed by atoms with Crippen LogP contribution in [-0.4, -0.2) is 33.8 Å². The third-order valence-corrected chi connectivity index (χ3v) is 5.96. The number of carbonyl (C=O) groups is 2. The molecule has 4 aromatic rings. The number of nitrogens with zero attached hydrogens (tertiary/aromatic N) is 4. The van der Waals surface area contributed by atoms with Crippen LogP contribution in [0, 0.1) is 17.2 Å². The first-order valence-corrected chi connectivity index (χ1v) is 11.6. The summed E-state index contributed by atoms with van der Waals surface area (Å²) in [6, 6.07) is 15.1. The van der Waals surface area contributed by atoms with Crippen LogP contribution in [0.4, 0.5) is 24.5 Å². The highest BCUT2D eigenvalue weighted by molar-refractivity contribution is 6.07. The average Bonchev–Trinajstić information content (AvgIpc) is 3.31. The molecule has 0 aliphatic rings. The third-order valence-electron chi connectivity index (χ3n) is 5.96. The maximum Gasteiger partial charge on any atom is 0.491 e. The zero-order valence-electron chi connectivity index (χ0n) is 20.4. The molecule has 11 heteroatoms. The van der Waals surface area contributed by atoms with Crippen LogP contribution >= 0.6 is 0 Å². The Labute approximate surface area is 216 Å². The molecule has 38 heavy (non-hydrogen) atoms. The van der Waals surface area contributed by atoms with E-state index < -0.39 is 23.9 Å². The quantitative estimate of drug-likeness (QED) is 0.349. The van der Waals surface area contributed by atoms with E-state index in [9.17, 15) is 22.8 Å². The number of benzene rings is 2. The number of anilines is 2. The number of amides is 2. The smallest absolute Gasteiger partial charge is 0.325 e. The fourth-order valence-corrected chi connectivity index (χ4v) is 3.79. The van der Waals surface area contributed by atoms with Crippen LogP contribution in [0.15, 0.2) is 73.1 Å². The number of alkyl halides is 3. The van der Waals surface area contributed by atoms with Crippen molar-refractivity contribution in [1.29, 1.82) is 5.26 Å². The molecule has 0 saturated heterocycles. The van der Waals surface area contributed by atoms with Gasteiger partial charge in [0.1, 0.15) is 0 Å². The van der Waals surface area contributed by atoms with Gasteiger partial charge in [0.15, 0.2) is 0 Å². The van der Waals surface area contributed by atoms with Gasteiger partial charge < -0.3 is 11.1 Å². The van der Waals surface area contributed by atoms with Crippen LogP contribution in [0.3, 0.4) is 0 Å². The van der Waals surface area contributed by atoms with E-state index in [1.54, 1.807) is 24.3 Å². The first-order valence-electron chi connectivity index (χ1n) is 11.6. The number of nitrogens with two attached hydrogens (primary N) is 1. The number of nitriles is 1. The van der Waals surface area contributed by atoms with Crippen molar-refractivity contribution in [2.75, 3.05) is 10.2 Å². The highest BCUT2D eigenvalue weighted by Gasteiger charge is 2.42. The van der Waals surface area contributed by atoms with Gasteiger partial charge in [-0.15, -0.1) is 13.2 Å². The summed E-state index contributed by atoms with van der Waals surface area (Å²) < 4.78 is 43.2. The van der Waals surface area contributed by atoms with E-state index in [0.29, 0.717) is 22.3 Å². The Morgan fingerprint density at radius 1 is 1.08 bits per heavy atom. The topological polar surface area (TPSA) is 117 Å². The molecule has 1 atom stereocenters. The molecule has 0 spiro atoms. The largest absolute Gasteiger partial charge is 0.491 e. The van der Waals surface area contributed by atoms with Crippen molar-refractivity contribution in [1.82, 2.24) is 9.61 Å². The molecular weight excluding hydrogens is 497 g/mol. The van der Waals surface area contributed by atoms with Crippen molar-refractivity contribution in [3.63, 3.8) is 0 Å². The van der Waals surface area contributed by atoms with Crippen LogP contribution in [0.5, 0.6) is 0 Å². The summed E-state index contributed by atoms with van der Waals surface area (Å²) in [4.78, 5) is 25.0. The zero-order chi connectivity index (χ0) is 27.6. The molecule has 0 aliphatic carbocycles. The van der Waals surface area contributed by atoms with Crippen molar-refractivity contribution in [3.05, 3.63) is 84.2 Å². The van der Waals surface area contributed by atoms with Gasteiger partial charge in [0.25, 0.3) is 5.91 Å². The lowest BCUT2D eigenvalue weighted by molar-refractivity contribution is -0.122. The van der Waals surface area contributed by atoms with Crippen molar-refractivity contribution in [3.8, 4) is 17.2 Å². The second kappa shape index (κ2) is 10.4. The van der Waals surface area contributed by atoms with Crippen molar-refractivity contribution < 1.29 is 22.8 Å². The van der Waals surface area contributed by atoms with Crippen LogP contribution in [0.2, 0.25) is 0 Å². The number of hydrogen-bond donors (Lipinski definition) is 2. The summed E-state index contributed by atoms with van der Waals surface area (Å²) in [6.07, 6.45) is -2.06. The predicted octanol–water partition coefficient (Wildman–Crippen LogP) is 4.96. The second-order valence-electron chi connectivity index (χ2n) is 8.91. The Kier molecular flexibility index (Phi) is 7.19. The zero-order valence-corrected chi connectivity index (χ0v) is 20.4. The number of hydrogen-bond acceptors (Lipinski definition) is 5. The molecular formula is C27H23F3N6O2. The molecule has 2 heterocycles. The highest BCUT2D eigenvalue weighted by atomic mass is 19.4. The molecule has 0 unspecified atom stereocenters. The number of aromatic nitrogens is 2. The first-order chi connectivity index (χ1) is 18.0. The minimum atomic E-state index is -5.00. The molecule has 0 bridgehead atoms. The van der Waals surface area contributed by atoms with E-state index in [4.69, 9.17) is 11.0 Å². The number of carbonyl (C=O) groups excluding carboxylic acids is 2. The molecule has 2 aromatic heterocycles. The lowest BCUT2D eigenvalue weighted by Crippen LogP contribution is -2.43. The Morgan fingerprint density at radius 2 is 1.74 bits per heavy atom. The third kappa shape index (κ3) is 5.35. The lowest BCUT2D eigenvalue weighted by atomic mass is 10.0. The maximum atomic E-state index is 13.9. The number of nitrogens with one attached hydrogen (secondary N) is 1. The van der Waals surface area contributed by atoms with E-state index >= 15 is 0 Å². The van der Waals surface area contributed by atoms with E-state index in [1.165, 1.54) is 41.2 Å². The minimum absolute atomic E-state index is 0.0323. The molecule has 4 rings (SSSR count). The van der Waals surface area contributed by atoms with Gasteiger partial charge in [0.2, 0.25) is 5.91 Å². The van der Waals surface area contributed by atoms with Crippen molar-refractivity contribution in [2.45, 2.75) is 26.2 Å². The summed E-state index contributed by atoms with van der Waals surface area (Å²) in [5, 5.41) is 15.9. The minimum Gasteiger partial charge on any atom is -0.325 e. The van der Waals surface area contributed by atoms with E-state index in [-0.39, 0.29) is 27.9 Å². The standard InChI is InChI=1S/C27H23F3N6O2/c1-16(2)24(32)25(37)34-20-7-5-18(6-8-20)22-15-33-35-12-11-19(13-23(22)35)26(38)36(27(28,29)30)21-9-3-17(14-31)4-10-21/h3-13,15-16,24H,32H2,1-2H3,(H,34,37)/t24-/m0/s1. The fraction of sp³-hybridized carbons (Fsp3) is 0.185. The van der Waals surface area contributed by atoms with Crippen molar-refractivity contribution >= 4 is 28.7 Å². The summed E-state index contributed by atoms with van der Waals surface area (Å²) in [5.74, 6) is -1.63. The molecule has 194 valence electrons. The monoisotopic (exact) mass is 520 g/mol. The molecule has 0 fully saturated rings. The van der Waals surface area contributed by atoms with Gasteiger partial charge >= 0.3 is 6.30 Å². The van der Waals surface area contributed by atoms with E-state index in [2.05, 4.69) is 10.4 Å². The van der Waals surface area contributed by atoms with Crippen LogP contribution in [0.25, 0.3) is 16.6 Å². The Hall–Kier alpha value is -4.69. The Balaban J connectivity index is 1.65.